The number of aromatic nitrogens is 4. The van der Waals surface area contributed by atoms with Gasteiger partial charge in [0, 0.05) is 32.7 Å². The van der Waals surface area contributed by atoms with Crippen LogP contribution < -0.4 is 0 Å². The van der Waals surface area contributed by atoms with Gasteiger partial charge in [-0.05, 0) is 92.0 Å². The zero-order chi connectivity index (χ0) is 40.7. The van der Waals surface area contributed by atoms with Crippen molar-refractivity contribution in [3.8, 4) is 51.0 Å². The van der Waals surface area contributed by atoms with Gasteiger partial charge in [0.05, 0.1) is 22.3 Å². The average molecular weight is 791 g/mol. The molecule has 10 aromatic carbocycles. The van der Waals surface area contributed by atoms with E-state index in [0.29, 0.717) is 17.5 Å². The third-order valence-corrected chi connectivity index (χ3v) is 12.4. The Bertz CT molecular complexity index is 3940. The molecule has 0 aliphatic carbocycles. The Morgan fingerprint density at radius 3 is 1.79 bits per heavy atom. The first-order valence-electron chi connectivity index (χ1n) is 20.9. The van der Waals surface area contributed by atoms with Gasteiger partial charge >= 0.3 is 0 Å². The predicted octanol–water partition coefficient (Wildman–Crippen LogP) is 15.0. The van der Waals surface area contributed by atoms with Crippen LogP contribution in [0.4, 0.5) is 0 Å². The second-order valence-corrected chi connectivity index (χ2v) is 16.0. The fraction of sp³-hybridized carbons (Fsp3) is 0. The van der Waals surface area contributed by atoms with Gasteiger partial charge in [0.2, 0.25) is 0 Å². The van der Waals surface area contributed by atoms with Gasteiger partial charge in [-0.3, -0.25) is 0 Å². The third-order valence-electron chi connectivity index (χ3n) is 12.4. The molecule has 0 unspecified atom stereocenters. The number of benzene rings is 10. The second kappa shape index (κ2) is 13.6. The highest BCUT2D eigenvalue weighted by Gasteiger charge is 2.25. The number of fused-ring (bicyclic) bond motifs is 10. The average Bonchev–Trinajstić information content (AvgIpc) is 3.88. The summed E-state index contributed by atoms with van der Waals surface area (Å²) in [7, 11) is 0. The number of hydrogen-bond acceptors (Lipinski definition) is 4. The summed E-state index contributed by atoms with van der Waals surface area (Å²) in [4.78, 5) is 16.2. The molecule has 0 amide bonds. The fourth-order valence-corrected chi connectivity index (χ4v) is 9.46. The molecule has 0 aliphatic rings. The number of nitrogens with zero attached hydrogens (tertiary/aromatic N) is 4. The zero-order valence-electron chi connectivity index (χ0n) is 33.3. The molecular weight excluding hydrogens is 757 g/mol. The third kappa shape index (κ3) is 5.38. The first kappa shape index (κ1) is 34.5. The Balaban J connectivity index is 1.13. The van der Waals surface area contributed by atoms with E-state index in [9.17, 15) is 0 Å². The van der Waals surface area contributed by atoms with E-state index in [0.717, 1.165) is 71.9 Å². The van der Waals surface area contributed by atoms with E-state index in [1.807, 2.05) is 18.2 Å². The Labute approximate surface area is 355 Å². The molecule has 0 radical (unpaired) electrons. The van der Waals surface area contributed by atoms with Crippen molar-refractivity contribution in [2.75, 3.05) is 0 Å². The van der Waals surface area contributed by atoms with E-state index < -0.39 is 0 Å². The van der Waals surface area contributed by atoms with Gasteiger partial charge in [-0.25, -0.2) is 15.0 Å². The van der Waals surface area contributed by atoms with E-state index in [4.69, 9.17) is 19.4 Å². The Morgan fingerprint density at radius 2 is 0.935 bits per heavy atom. The van der Waals surface area contributed by atoms with Crippen molar-refractivity contribution in [3.05, 3.63) is 206 Å². The summed E-state index contributed by atoms with van der Waals surface area (Å²) in [5.41, 5.74) is 9.43. The minimum atomic E-state index is 0.528. The summed E-state index contributed by atoms with van der Waals surface area (Å²) in [5.74, 6) is 1.69. The standard InChI is InChI=1S/C57H34N4O/c1-2-13-35(14-3-1)37-18-12-19-41(31-37)55-58-56(42-27-28-44-40(32-42)26-25-36-15-6-7-20-43(36)44)60-57(59-55)53-50(30-29-47-46-22-9-11-24-52(46)62-54(47)53)61-49-23-10-8-21-45(49)48-33-38-16-4-5-17-39(38)34-51(48)61/h1-34H. The smallest absolute Gasteiger partial charge is 0.170 e. The van der Waals surface area contributed by atoms with Gasteiger partial charge in [0.25, 0.3) is 0 Å². The van der Waals surface area contributed by atoms with Crippen LogP contribution in [0.25, 0.3) is 127 Å². The lowest BCUT2D eigenvalue weighted by Gasteiger charge is -2.16. The topological polar surface area (TPSA) is 56.7 Å². The van der Waals surface area contributed by atoms with Crippen molar-refractivity contribution in [3.63, 3.8) is 0 Å². The van der Waals surface area contributed by atoms with Gasteiger partial charge in [-0.2, -0.15) is 0 Å². The number of hydrogen-bond donors (Lipinski definition) is 0. The van der Waals surface area contributed by atoms with Gasteiger partial charge in [0.15, 0.2) is 17.5 Å². The highest BCUT2D eigenvalue weighted by Crippen LogP contribution is 2.43. The molecule has 0 aliphatic heterocycles. The minimum Gasteiger partial charge on any atom is -0.455 e. The lowest BCUT2D eigenvalue weighted by atomic mass is 10.00. The highest BCUT2D eigenvalue weighted by molar-refractivity contribution is 6.16. The van der Waals surface area contributed by atoms with E-state index in [-0.39, 0.29) is 0 Å². The molecule has 13 aromatic rings. The molecule has 3 heterocycles. The molecule has 62 heavy (non-hydrogen) atoms. The van der Waals surface area contributed by atoms with Crippen molar-refractivity contribution >= 4 is 76.1 Å². The van der Waals surface area contributed by atoms with Crippen LogP contribution in [0.3, 0.4) is 0 Å². The van der Waals surface area contributed by atoms with Crippen molar-refractivity contribution in [2.24, 2.45) is 0 Å². The maximum absolute atomic E-state index is 6.92. The summed E-state index contributed by atoms with van der Waals surface area (Å²) in [6.45, 7) is 0. The number of para-hydroxylation sites is 2. The molecule has 13 rings (SSSR count). The van der Waals surface area contributed by atoms with Crippen molar-refractivity contribution in [1.29, 1.82) is 0 Å². The Kier molecular flexibility index (Phi) is 7.54. The molecule has 3 aromatic heterocycles. The van der Waals surface area contributed by atoms with Crippen molar-refractivity contribution < 1.29 is 4.42 Å². The van der Waals surface area contributed by atoms with Gasteiger partial charge in [-0.1, -0.05) is 158 Å². The van der Waals surface area contributed by atoms with Gasteiger partial charge in [-0.15, -0.1) is 0 Å². The van der Waals surface area contributed by atoms with Crippen molar-refractivity contribution in [2.45, 2.75) is 0 Å². The molecule has 0 bridgehead atoms. The van der Waals surface area contributed by atoms with Crippen LogP contribution in [-0.2, 0) is 0 Å². The minimum absolute atomic E-state index is 0.528. The Hall–Kier alpha value is -8.41. The van der Waals surface area contributed by atoms with Crippen molar-refractivity contribution in [1.82, 2.24) is 19.5 Å². The Morgan fingerprint density at radius 1 is 0.323 bits per heavy atom. The van der Waals surface area contributed by atoms with Crippen LogP contribution in [0.5, 0.6) is 0 Å². The highest BCUT2D eigenvalue weighted by atomic mass is 16.3. The molecular formula is C57H34N4O. The molecule has 0 saturated carbocycles. The van der Waals surface area contributed by atoms with Gasteiger partial charge in [0.1, 0.15) is 11.2 Å². The molecule has 288 valence electrons. The maximum atomic E-state index is 6.92. The molecule has 0 saturated heterocycles. The largest absolute Gasteiger partial charge is 0.455 e. The molecule has 0 spiro atoms. The normalized spacial score (nSPS) is 11.9. The first-order chi connectivity index (χ1) is 30.7. The van der Waals surface area contributed by atoms with E-state index >= 15 is 0 Å². The lowest BCUT2D eigenvalue weighted by Crippen LogP contribution is -2.04. The number of furan rings is 1. The quantitative estimate of drug-likeness (QED) is 0.163. The van der Waals surface area contributed by atoms with Crippen LogP contribution in [0.1, 0.15) is 0 Å². The summed E-state index contributed by atoms with van der Waals surface area (Å²) >= 11 is 0. The maximum Gasteiger partial charge on any atom is 0.170 e. The molecule has 5 heteroatoms. The molecule has 5 nitrogen and oxygen atoms in total. The van der Waals surface area contributed by atoms with E-state index in [2.05, 4.69) is 193 Å². The van der Waals surface area contributed by atoms with Crippen LogP contribution in [0.2, 0.25) is 0 Å². The summed E-state index contributed by atoms with van der Waals surface area (Å²) in [5, 5.41) is 11.5. The molecule has 0 fully saturated rings. The monoisotopic (exact) mass is 790 g/mol. The summed E-state index contributed by atoms with van der Waals surface area (Å²) in [6.07, 6.45) is 0. The SMILES string of the molecule is c1ccc(-c2cccc(-c3nc(-c4ccc5c(ccc6ccccc65)c4)nc(-c4c(-n5c6ccccc6c6cc7ccccc7cc65)ccc5c4oc4ccccc45)n3)c2)cc1. The molecule has 0 atom stereocenters. The van der Waals surface area contributed by atoms with Crippen LogP contribution in [-0.4, -0.2) is 19.5 Å². The second-order valence-electron chi connectivity index (χ2n) is 16.0. The van der Waals surface area contributed by atoms with E-state index in [1.54, 1.807) is 0 Å². The number of rotatable bonds is 5. The van der Waals surface area contributed by atoms with Crippen LogP contribution >= 0.6 is 0 Å². The zero-order valence-corrected chi connectivity index (χ0v) is 33.3. The molecule has 0 N–H and O–H groups in total. The van der Waals surface area contributed by atoms with Crippen LogP contribution in [0.15, 0.2) is 211 Å². The lowest BCUT2D eigenvalue weighted by molar-refractivity contribution is 0.669. The first-order valence-corrected chi connectivity index (χ1v) is 20.9. The summed E-state index contributed by atoms with van der Waals surface area (Å²) in [6, 6.07) is 72.8. The fourth-order valence-electron chi connectivity index (χ4n) is 9.46. The summed E-state index contributed by atoms with van der Waals surface area (Å²) < 4.78 is 9.28. The van der Waals surface area contributed by atoms with E-state index in [1.165, 1.54) is 37.7 Å². The van der Waals surface area contributed by atoms with Crippen LogP contribution in [0, 0.1) is 0 Å². The van der Waals surface area contributed by atoms with Gasteiger partial charge < -0.3 is 8.98 Å². The predicted molar refractivity (Wildman–Crippen MR) is 256 cm³/mol.